The lowest BCUT2D eigenvalue weighted by molar-refractivity contribution is 0.204. The zero-order valence-corrected chi connectivity index (χ0v) is 16.0. The van der Waals surface area contributed by atoms with Gasteiger partial charge in [0.2, 0.25) is 0 Å². The molecule has 0 saturated heterocycles. The largest absolute Gasteiger partial charge is 0.335 e. The van der Waals surface area contributed by atoms with Gasteiger partial charge in [-0.2, -0.15) is 0 Å². The Morgan fingerprint density at radius 2 is 1.58 bits per heavy atom. The molecule has 1 saturated carbocycles. The number of aryl methyl sites for hydroxylation is 3. The maximum Gasteiger partial charge on any atom is 0.319 e. The van der Waals surface area contributed by atoms with Gasteiger partial charge >= 0.3 is 6.03 Å². The van der Waals surface area contributed by atoms with E-state index < -0.39 is 0 Å². The van der Waals surface area contributed by atoms with E-state index in [-0.39, 0.29) is 6.03 Å². The minimum Gasteiger partial charge on any atom is -0.335 e. The molecule has 0 atom stereocenters. The fourth-order valence-corrected chi connectivity index (χ4v) is 4.40. The van der Waals surface area contributed by atoms with Gasteiger partial charge in [0.05, 0.1) is 0 Å². The third-order valence-electron chi connectivity index (χ3n) is 5.74. The number of nitrogens with one attached hydrogen (secondary N) is 2. The van der Waals surface area contributed by atoms with Crippen LogP contribution in [0, 0.1) is 32.6 Å². The number of anilines is 1. The molecule has 2 N–H and O–H groups in total. The molecule has 3 nitrogen and oxygen atoms in total. The summed E-state index contributed by atoms with van der Waals surface area (Å²) < 4.78 is 0. The minimum absolute atomic E-state index is 0.0592. The molecule has 0 aromatic heterocycles. The normalized spacial score (nSPS) is 20.9. The Balaban J connectivity index is 1.86. The number of carbonyl (C=O) groups is 1. The lowest BCUT2D eigenvalue weighted by Crippen LogP contribution is -2.41. The van der Waals surface area contributed by atoms with E-state index in [2.05, 4.69) is 57.4 Å². The molecule has 1 aliphatic carbocycles. The Morgan fingerprint density at radius 1 is 1.04 bits per heavy atom. The van der Waals surface area contributed by atoms with Crippen LogP contribution in [0.4, 0.5) is 10.5 Å². The van der Waals surface area contributed by atoms with Crippen LogP contribution in [0.1, 0.15) is 69.1 Å². The number of hydrogen-bond donors (Lipinski definition) is 2. The third-order valence-corrected chi connectivity index (χ3v) is 5.74. The molecule has 0 unspecified atom stereocenters. The zero-order chi connectivity index (χ0) is 17.7. The number of rotatable bonds is 5. The van der Waals surface area contributed by atoms with Crippen LogP contribution >= 0.6 is 0 Å². The van der Waals surface area contributed by atoms with Crippen molar-refractivity contribution < 1.29 is 4.79 Å². The summed E-state index contributed by atoms with van der Waals surface area (Å²) in [6.07, 6.45) is 7.29. The molecule has 1 aromatic rings. The van der Waals surface area contributed by atoms with Crippen molar-refractivity contribution in [1.82, 2.24) is 5.32 Å². The molecule has 2 amide bonds. The smallest absolute Gasteiger partial charge is 0.319 e. The van der Waals surface area contributed by atoms with Gasteiger partial charge in [-0.1, -0.05) is 44.4 Å². The van der Waals surface area contributed by atoms with E-state index in [4.69, 9.17) is 0 Å². The molecule has 0 aliphatic heterocycles. The van der Waals surface area contributed by atoms with Crippen LogP contribution in [0.3, 0.4) is 0 Å². The standard InChI is InChI=1S/C21H34N2O/c1-6-17(7-2)18-8-10-19(11-9-18)22-21(24)23-20-15(4)12-14(3)13-16(20)5/h12-13,17-19H,6-11H2,1-5H3,(H2,22,23,24). The highest BCUT2D eigenvalue weighted by molar-refractivity contribution is 5.91. The lowest BCUT2D eigenvalue weighted by Gasteiger charge is -2.33. The van der Waals surface area contributed by atoms with E-state index in [0.717, 1.165) is 41.5 Å². The van der Waals surface area contributed by atoms with Crippen molar-refractivity contribution in [2.24, 2.45) is 11.8 Å². The van der Waals surface area contributed by atoms with E-state index in [1.807, 2.05) is 0 Å². The summed E-state index contributed by atoms with van der Waals surface area (Å²) >= 11 is 0. The molecule has 0 heterocycles. The topological polar surface area (TPSA) is 41.1 Å². The van der Waals surface area contributed by atoms with E-state index >= 15 is 0 Å². The first kappa shape index (κ1) is 18.8. The second-order valence-corrected chi connectivity index (χ2v) is 7.56. The molecule has 1 fully saturated rings. The molecule has 1 aromatic carbocycles. The molecule has 24 heavy (non-hydrogen) atoms. The van der Waals surface area contributed by atoms with Crippen LogP contribution in [-0.4, -0.2) is 12.1 Å². The summed E-state index contributed by atoms with van der Waals surface area (Å²) in [5.74, 6) is 1.71. The fourth-order valence-electron chi connectivity index (χ4n) is 4.40. The Morgan fingerprint density at radius 3 is 2.08 bits per heavy atom. The average molecular weight is 331 g/mol. The maximum absolute atomic E-state index is 12.4. The second kappa shape index (κ2) is 8.55. The molecule has 0 bridgehead atoms. The van der Waals surface area contributed by atoms with Gasteiger partial charge in [-0.15, -0.1) is 0 Å². The monoisotopic (exact) mass is 330 g/mol. The first-order valence-electron chi connectivity index (χ1n) is 9.59. The lowest BCUT2D eigenvalue weighted by atomic mass is 9.76. The SMILES string of the molecule is CCC(CC)C1CCC(NC(=O)Nc2c(C)cc(C)cc2C)CC1. The van der Waals surface area contributed by atoms with Gasteiger partial charge in [-0.25, -0.2) is 4.79 Å². The van der Waals surface area contributed by atoms with Gasteiger partial charge in [-0.3, -0.25) is 0 Å². The number of hydrogen-bond acceptors (Lipinski definition) is 1. The Hall–Kier alpha value is -1.51. The predicted octanol–water partition coefficient (Wildman–Crippen LogP) is 5.73. The fraction of sp³-hybridized carbons (Fsp3) is 0.667. The molecular formula is C21H34N2O. The van der Waals surface area contributed by atoms with E-state index in [1.54, 1.807) is 0 Å². The number of carbonyl (C=O) groups excluding carboxylic acids is 1. The van der Waals surface area contributed by atoms with E-state index in [1.165, 1.54) is 31.2 Å². The number of urea groups is 1. The van der Waals surface area contributed by atoms with E-state index in [0.29, 0.717) is 6.04 Å². The average Bonchev–Trinajstić information content (AvgIpc) is 2.53. The summed E-state index contributed by atoms with van der Waals surface area (Å²) in [4.78, 5) is 12.4. The molecule has 134 valence electrons. The van der Waals surface area contributed by atoms with Crippen molar-refractivity contribution in [3.8, 4) is 0 Å². The predicted molar refractivity (Wildman–Crippen MR) is 103 cm³/mol. The number of amides is 2. The first-order chi connectivity index (χ1) is 11.4. The first-order valence-corrected chi connectivity index (χ1v) is 9.59. The van der Waals surface area contributed by atoms with E-state index in [9.17, 15) is 4.79 Å². The highest BCUT2D eigenvalue weighted by Gasteiger charge is 2.26. The molecule has 0 spiro atoms. The van der Waals surface area contributed by atoms with Gasteiger partial charge < -0.3 is 10.6 Å². The summed E-state index contributed by atoms with van der Waals surface area (Å²) in [6, 6.07) is 4.49. The Kier molecular flexibility index (Phi) is 6.70. The van der Waals surface area contributed by atoms with Crippen LogP contribution in [0.5, 0.6) is 0 Å². The van der Waals surface area contributed by atoms with Gasteiger partial charge in [-0.05, 0) is 69.4 Å². The Labute approximate surface area is 147 Å². The van der Waals surface area contributed by atoms with Gasteiger partial charge in [0.1, 0.15) is 0 Å². The maximum atomic E-state index is 12.4. The second-order valence-electron chi connectivity index (χ2n) is 7.56. The Bertz CT molecular complexity index is 532. The van der Waals surface area contributed by atoms with Crippen LogP contribution in [0.15, 0.2) is 12.1 Å². The van der Waals surface area contributed by atoms with Crippen molar-refractivity contribution in [3.05, 3.63) is 28.8 Å². The van der Waals surface area contributed by atoms with Gasteiger partial charge in [0.15, 0.2) is 0 Å². The van der Waals surface area contributed by atoms with Crippen LogP contribution < -0.4 is 10.6 Å². The molecule has 1 aliphatic rings. The van der Waals surface area contributed by atoms with Crippen molar-refractivity contribution in [3.63, 3.8) is 0 Å². The summed E-state index contributed by atoms with van der Waals surface area (Å²) in [5.41, 5.74) is 4.43. The van der Waals surface area contributed by atoms with Crippen LogP contribution in [0.2, 0.25) is 0 Å². The summed E-state index contributed by atoms with van der Waals surface area (Å²) in [6.45, 7) is 10.8. The molecule has 3 heteroatoms. The summed E-state index contributed by atoms with van der Waals surface area (Å²) in [7, 11) is 0. The molecular weight excluding hydrogens is 296 g/mol. The van der Waals surface area contributed by atoms with Crippen LogP contribution in [-0.2, 0) is 0 Å². The molecule has 0 radical (unpaired) electrons. The van der Waals surface area contributed by atoms with Crippen LogP contribution in [0.25, 0.3) is 0 Å². The van der Waals surface area contributed by atoms with Crippen molar-refractivity contribution in [2.45, 2.75) is 79.2 Å². The zero-order valence-electron chi connectivity index (χ0n) is 16.0. The van der Waals surface area contributed by atoms with Crippen molar-refractivity contribution in [2.75, 3.05) is 5.32 Å². The third kappa shape index (κ3) is 4.75. The number of benzene rings is 1. The van der Waals surface area contributed by atoms with Crippen molar-refractivity contribution >= 4 is 11.7 Å². The quantitative estimate of drug-likeness (QED) is 0.711. The highest BCUT2D eigenvalue weighted by Crippen LogP contribution is 2.33. The van der Waals surface area contributed by atoms with Crippen molar-refractivity contribution in [1.29, 1.82) is 0 Å². The molecule has 2 rings (SSSR count). The summed E-state index contributed by atoms with van der Waals surface area (Å²) in [5, 5.41) is 6.24. The highest BCUT2D eigenvalue weighted by atomic mass is 16.2. The van der Waals surface area contributed by atoms with Gasteiger partial charge in [0, 0.05) is 11.7 Å². The van der Waals surface area contributed by atoms with Gasteiger partial charge in [0.25, 0.3) is 0 Å². The minimum atomic E-state index is -0.0592.